The SMILES string of the molecule is CCCCc1cc(OC[C@@H]2CCCN2)cnc1Cl.Cl. The summed E-state index contributed by atoms with van der Waals surface area (Å²) in [6.07, 6.45) is 7.43. The lowest BCUT2D eigenvalue weighted by Gasteiger charge is -2.13. The quantitative estimate of drug-likeness (QED) is 0.815. The van der Waals surface area contributed by atoms with Crippen molar-refractivity contribution in [1.82, 2.24) is 10.3 Å². The van der Waals surface area contributed by atoms with Crippen molar-refractivity contribution < 1.29 is 4.74 Å². The molecule has 108 valence electrons. The number of unbranched alkanes of at least 4 members (excludes halogenated alkanes) is 1. The number of nitrogens with zero attached hydrogens (tertiary/aromatic N) is 1. The van der Waals surface area contributed by atoms with Gasteiger partial charge in [-0.2, -0.15) is 0 Å². The van der Waals surface area contributed by atoms with Crippen molar-refractivity contribution in [3.63, 3.8) is 0 Å². The van der Waals surface area contributed by atoms with Gasteiger partial charge in [-0.25, -0.2) is 4.98 Å². The Kier molecular flexibility index (Phi) is 7.51. The molecule has 1 aliphatic rings. The standard InChI is InChI=1S/C14H21ClN2O.ClH/c1-2-3-5-11-8-13(9-17-14(11)15)18-10-12-6-4-7-16-12;/h8-9,12,16H,2-7,10H2,1H3;1H/t12-;/m0./s1. The molecule has 1 saturated heterocycles. The average Bonchev–Trinajstić information content (AvgIpc) is 2.89. The van der Waals surface area contributed by atoms with Crippen LogP contribution in [0.2, 0.25) is 5.15 Å². The van der Waals surface area contributed by atoms with Crippen molar-refractivity contribution in [2.75, 3.05) is 13.2 Å². The predicted molar refractivity (Wildman–Crippen MR) is 81.6 cm³/mol. The molecule has 2 rings (SSSR count). The first-order valence-electron chi connectivity index (χ1n) is 6.80. The van der Waals surface area contributed by atoms with Gasteiger partial charge in [0.15, 0.2) is 0 Å². The second kappa shape index (κ2) is 8.62. The number of hydrogen-bond acceptors (Lipinski definition) is 3. The van der Waals surface area contributed by atoms with E-state index in [1.807, 2.05) is 6.07 Å². The molecule has 1 aromatic rings. The first-order valence-corrected chi connectivity index (χ1v) is 7.18. The van der Waals surface area contributed by atoms with Gasteiger partial charge < -0.3 is 10.1 Å². The minimum atomic E-state index is 0. The van der Waals surface area contributed by atoms with E-state index < -0.39 is 0 Å². The highest BCUT2D eigenvalue weighted by Crippen LogP contribution is 2.21. The minimum Gasteiger partial charge on any atom is -0.490 e. The monoisotopic (exact) mass is 304 g/mol. The summed E-state index contributed by atoms with van der Waals surface area (Å²) < 4.78 is 5.78. The zero-order chi connectivity index (χ0) is 12.8. The molecule has 0 unspecified atom stereocenters. The molecule has 0 spiro atoms. The average molecular weight is 305 g/mol. The maximum atomic E-state index is 6.08. The van der Waals surface area contributed by atoms with Crippen LogP contribution in [-0.4, -0.2) is 24.2 Å². The van der Waals surface area contributed by atoms with Crippen LogP contribution in [0.5, 0.6) is 5.75 Å². The number of hydrogen-bond donors (Lipinski definition) is 1. The van der Waals surface area contributed by atoms with Crippen molar-refractivity contribution >= 4 is 24.0 Å². The maximum Gasteiger partial charge on any atom is 0.138 e. The summed E-state index contributed by atoms with van der Waals surface area (Å²) in [4.78, 5) is 4.20. The smallest absolute Gasteiger partial charge is 0.138 e. The molecule has 2 heterocycles. The van der Waals surface area contributed by atoms with E-state index in [0.29, 0.717) is 11.2 Å². The van der Waals surface area contributed by atoms with Crippen molar-refractivity contribution in [3.05, 3.63) is 23.0 Å². The summed E-state index contributed by atoms with van der Waals surface area (Å²) in [6, 6.07) is 2.51. The summed E-state index contributed by atoms with van der Waals surface area (Å²) in [7, 11) is 0. The summed E-state index contributed by atoms with van der Waals surface area (Å²) >= 11 is 6.08. The van der Waals surface area contributed by atoms with Gasteiger partial charge in [-0.15, -0.1) is 12.4 Å². The molecule has 0 radical (unpaired) electrons. The van der Waals surface area contributed by atoms with Gasteiger partial charge in [0.05, 0.1) is 6.20 Å². The lowest BCUT2D eigenvalue weighted by Crippen LogP contribution is -2.28. The molecule has 1 fully saturated rings. The van der Waals surface area contributed by atoms with Crippen LogP contribution in [0.15, 0.2) is 12.3 Å². The van der Waals surface area contributed by atoms with Crippen LogP contribution in [0.1, 0.15) is 38.2 Å². The Hall–Kier alpha value is -0.510. The van der Waals surface area contributed by atoms with E-state index in [9.17, 15) is 0 Å². The first kappa shape index (κ1) is 16.5. The molecule has 1 atom stereocenters. The lowest BCUT2D eigenvalue weighted by molar-refractivity contribution is 0.276. The van der Waals surface area contributed by atoms with E-state index in [1.165, 1.54) is 12.8 Å². The number of rotatable bonds is 6. The third kappa shape index (κ3) is 5.17. The number of aryl methyl sites for hydroxylation is 1. The van der Waals surface area contributed by atoms with Gasteiger partial charge in [0.1, 0.15) is 17.5 Å². The molecular formula is C14H22Cl2N2O. The number of aromatic nitrogens is 1. The van der Waals surface area contributed by atoms with Crippen LogP contribution >= 0.6 is 24.0 Å². The van der Waals surface area contributed by atoms with Gasteiger partial charge in [0.25, 0.3) is 0 Å². The van der Waals surface area contributed by atoms with Gasteiger partial charge in [0, 0.05) is 6.04 Å². The molecule has 3 nitrogen and oxygen atoms in total. The van der Waals surface area contributed by atoms with E-state index in [4.69, 9.17) is 16.3 Å². The topological polar surface area (TPSA) is 34.1 Å². The van der Waals surface area contributed by atoms with Crippen LogP contribution in [0.25, 0.3) is 0 Å². The summed E-state index contributed by atoms with van der Waals surface area (Å²) in [5.74, 6) is 0.833. The summed E-state index contributed by atoms with van der Waals surface area (Å²) in [6.45, 7) is 4.00. The largest absolute Gasteiger partial charge is 0.490 e. The highest BCUT2D eigenvalue weighted by atomic mass is 35.5. The van der Waals surface area contributed by atoms with Crippen LogP contribution in [0.3, 0.4) is 0 Å². The molecule has 0 amide bonds. The minimum absolute atomic E-state index is 0. The van der Waals surface area contributed by atoms with Crippen molar-refractivity contribution in [2.45, 2.75) is 45.1 Å². The molecule has 5 heteroatoms. The number of pyridine rings is 1. The summed E-state index contributed by atoms with van der Waals surface area (Å²) in [5, 5.41) is 4.02. The van der Waals surface area contributed by atoms with Crippen LogP contribution in [0, 0.1) is 0 Å². The van der Waals surface area contributed by atoms with E-state index in [-0.39, 0.29) is 12.4 Å². The van der Waals surface area contributed by atoms with E-state index in [1.54, 1.807) is 6.20 Å². The van der Waals surface area contributed by atoms with E-state index >= 15 is 0 Å². The third-order valence-electron chi connectivity index (χ3n) is 3.30. The molecule has 19 heavy (non-hydrogen) atoms. The molecular weight excluding hydrogens is 283 g/mol. The number of nitrogens with one attached hydrogen (secondary N) is 1. The van der Waals surface area contributed by atoms with Crippen LogP contribution < -0.4 is 10.1 Å². The molecule has 0 aromatic carbocycles. The third-order valence-corrected chi connectivity index (χ3v) is 3.64. The Balaban J connectivity index is 0.00000180. The highest BCUT2D eigenvalue weighted by molar-refractivity contribution is 6.30. The highest BCUT2D eigenvalue weighted by Gasteiger charge is 2.14. The molecule has 0 bridgehead atoms. The summed E-state index contributed by atoms with van der Waals surface area (Å²) in [5.41, 5.74) is 1.09. The van der Waals surface area contributed by atoms with Gasteiger partial charge in [-0.3, -0.25) is 0 Å². The zero-order valence-electron chi connectivity index (χ0n) is 11.3. The fraction of sp³-hybridized carbons (Fsp3) is 0.643. The van der Waals surface area contributed by atoms with Gasteiger partial charge >= 0.3 is 0 Å². The zero-order valence-corrected chi connectivity index (χ0v) is 12.9. The first-order chi connectivity index (χ1) is 8.79. The number of ether oxygens (including phenoxy) is 1. The maximum absolute atomic E-state index is 6.08. The Morgan fingerprint density at radius 1 is 1.53 bits per heavy atom. The van der Waals surface area contributed by atoms with Crippen molar-refractivity contribution in [3.8, 4) is 5.75 Å². The number of halogens is 2. The predicted octanol–water partition coefficient (Wildman–Crippen LogP) is 3.63. The van der Waals surface area contributed by atoms with Gasteiger partial charge in [-0.05, 0) is 43.9 Å². The van der Waals surface area contributed by atoms with Crippen molar-refractivity contribution in [1.29, 1.82) is 0 Å². The Bertz CT molecular complexity index is 382. The Morgan fingerprint density at radius 2 is 2.37 bits per heavy atom. The van der Waals surface area contributed by atoms with Crippen molar-refractivity contribution in [2.24, 2.45) is 0 Å². The Labute approximate surface area is 126 Å². The second-order valence-corrected chi connectivity index (χ2v) is 5.19. The van der Waals surface area contributed by atoms with Crippen LogP contribution in [0.4, 0.5) is 0 Å². The fourth-order valence-electron chi connectivity index (χ4n) is 2.19. The molecule has 1 aromatic heterocycles. The molecule has 1 N–H and O–H groups in total. The normalized spacial score (nSPS) is 18.1. The lowest BCUT2D eigenvalue weighted by atomic mass is 10.1. The van der Waals surface area contributed by atoms with E-state index in [2.05, 4.69) is 17.2 Å². The van der Waals surface area contributed by atoms with Gasteiger partial charge in [-0.1, -0.05) is 24.9 Å². The fourth-order valence-corrected chi connectivity index (χ4v) is 2.39. The molecule has 0 saturated carbocycles. The Morgan fingerprint density at radius 3 is 3.05 bits per heavy atom. The van der Waals surface area contributed by atoms with Gasteiger partial charge in [0.2, 0.25) is 0 Å². The molecule has 1 aliphatic heterocycles. The van der Waals surface area contributed by atoms with Crippen LogP contribution in [-0.2, 0) is 6.42 Å². The molecule has 0 aliphatic carbocycles. The second-order valence-electron chi connectivity index (χ2n) is 4.83. The van der Waals surface area contributed by atoms with E-state index in [0.717, 1.165) is 43.7 Å².